The second kappa shape index (κ2) is 8.39. The Bertz CT molecular complexity index is 837. The van der Waals surface area contributed by atoms with Gasteiger partial charge in [0.15, 0.2) is 11.6 Å². The molecule has 3 rings (SSSR count). The summed E-state index contributed by atoms with van der Waals surface area (Å²) in [7, 11) is 1.31. The van der Waals surface area contributed by atoms with Gasteiger partial charge in [0.25, 0.3) is 5.69 Å². The fourth-order valence-electron chi connectivity index (χ4n) is 3.26. The maximum Gasteiger partial charge on any atom is 0.295 e. The Morgan fingerprint density at radius 3 is 2.64 bits per heavy atom. The van der Waals surface area contributed by atoms with Gasteiger partial charge in [-0.1, -0.05) is 6.07 Å². The molecule has 1 aliphatic heterocycles. The molecule has 1 N–H and O–H groups in total. The third-order valence-electron chi connectivity index (χ3n) is 4.50. The Hall–Kier alpha value is -2.94. The number of ether oxygens (including phenoxy) is 2. The van der Waals surface area contributed by atoms with Gasteiger partial charge in [0.2, 0.25) is 0 Å². The largest absolute Gasteiger partial charge is 0.494 e. The molecule has 1 aromatic carbocycles. The number of nitro benzene ring substituents is 1. The summed E-state index contributed by atoms with van der Waals surface area (Å²) in [5, 5.41) is 14.2. The predicted molar refractivity (Wildman–Crippen MR) is 103 cm³/mol. The minimum Gasteiger partial charge on any atom is -0.494 e. The van der Waals surface area contributed by atoms with E-state index in [4.69, 9.17) is 9.47 Å². The lowest BCUT2D eigenvalue weighted by atomic mass is 10.2. The number of nitrogens with zero attached hydrogens (tertiary/aromatic N) is 3. The van der Waals surface area contributed by atoms with E-state index in [2.05, 4.69) is 15.2 Å². The highest BCUT2D eigenvalue weighted by Crippen LogP contribution is 2.32. The molecule has 1 fully saturated rings. The van der Waals surface area contributed by atoms with E-state index in [0.717, 1.165) is 30.5 Å². The molecular formula is C19H23FN4O4. The summed E-state index contributed by atoms with van der Waals surface area (Å²) in [5.74, 6) is 0.0250. The number of pyridine rings is 1. The van der Waals surface area contributed by atoms with E-state index in [0.29, 0.717) is 6.54 Å². The first kappa shape index (κ1) is 19.8. The van der Waals surface area contributed by atoms with Crippen LogP contribution in [0, 0.1) is 15.9 Å². The predicted octanol–water partition coefficient (Wildman–Crippen LogP) is 3.36. The van der Waals surface area contributed by atoms with Crippen LogP contribution in [-0.4, -0.2) is 42.3 Å². The maximum absolute atomic E-state index is 13.7. The lowest BCUT2D eigenvalue weighted by Gasteiger charge is -2.36. The van der Waals surface area contributed by atoms with E-state index in [9.17, 15) is 14.5 Å². The Morgan fingerprint density at radius 2 is 2.07 bits per heavy atom. The third kappa shape index (κ3) is 4.48. The minimum absolute atomic E-state index is 0.0582. The Balaban J connectivity index is 1.71. The number of hydrogen-bond acceptors (Lipinski definition) is 7. The minimum atomic E-state index is -0.778. The van der Waals surface area contributed by atoms with Crippen LogP contribution in [0.15, 0.2) is 30.5 Å². The fraction of sp³-hybridized carbons (Fsp3) is 0.421. The normalized spacial score (nSPS) is 19.4. The van der Waals surface area contributed by atoms with Crippen LogP contribution in [0.3, 0.4) is 0 Å². The molecule has 8 nitrogen and oxygen atoms in total. The summed E-state index contributed by atoms with van der Waals surface area (Å²) < 4.78 is 24.4. The van der Waals surface area contributed by atoms with Crippen LogP contribution < -0.4 is 15.0 Å². The molecule has 2 atom stereocenters. The molecule has 2 heterocycles. The van der Waals surface area contributed by atoms with Crippen molar-refractivity contribution in [2.24, 2.45) is 0 Å². The average Bonchev–Trinajstić information content (AvgIpc) is 2.66. The molecule has 1 aromatic heterocycles. The monoisotopic (exact) mass is 390 g/mol. The topological polar surface area (TPSA) is 89.8 Å². The lowest BCUT2D eigenvalue weighted by molar-refractivity contribution is -0.384. The number of nitro groups is 1. The number of aromatic nitrogens is 1. The lowest BCUT2D eigenvalue weighted by Crippen LogP contribution is -2.45. The summed E-state index contributed by atoms with van der Waals surface area (Å²) in [4.78, 5) is 17.2. The van der Waals surface area contributed by atoms with Crippen LogP contribution in [-0.2, 0) is 11.3 Å². The van der Waals surface area contributed by atoms with Gasteiger partial charge in [-0.2, -0.15) is 0 Å². The van der Waals surface area contributed by atoms with E-state index in [1.165, 1.54) is 13.2 Å². The average molecular weight is 390 g/mol. The van der Waals surface area contributed by atoms with Crippen molar-refractivity contribution < 1.29 is 18.8 Å². The molecule has 0 amide bonds. The number of anilines is 2. The Morgan fingerprint density at radius 1 is 1.36 bits per heavy atom. The van der Waals surface area contributed by atoms with E-state index in [1.54, 1.807) is 6.20 Å². The van der Waals surface area contributed by atoms with Crippen LogP contribution in [0.2, 0.25) is 0 Å². The van der Waals surface area contributed by atoms with Gasteiger partial charge in [-0.25, -0.2) is 9.37 Å². The van der Waals surface area contributed by atoms with Crippen molar-refractivity contribution in [3.8, 4) is 5.75 Å². The van der Waals surface area contributed by atoms with Crippen LogP contribution >= 0.6 is 0 Å². The highest BCUT2D eigenvalue weighted by atomic mass is 19.1. The molecule has 0 aliphatic carbocycles. The molecule has 2 aromatic rings. The number of morpholine rings is 1. The molecular weight excluding hydrogens is 367 g/mol. The molecule has 1 aliphatic rings. The van der Waals surface area contributed by atoms with Crippen molar-refractivity contribution in [3.63, 3.8) is 0 Å². The van der Waals surface area contributed by atoms with Crippen LogP contribution in [0.5, 0.6) is 5.75 Å². The van der Waals surface area contributed by atoms with Crippen molar-refractivity contribution in [1.29, 1.82) is 0 Å². The Kier molecular flexibility index (Phi) is 5.93. The van der Waals surface area contributed by atoms with Gasteiger partial charge in [0.05, 0.1) is 30.3 Å². The highest BCUT2D eigenvalue weighted by Gasteiger charge is 2.23. The van der Waals surface area contributed by atoms with Gasteiger partial charge in [-0.05, 0) is 25.5 Å². The van der Waals surface area contributed by atoms with Gasteiger partial charge in [0, 0.05) is 31.9 Å². The van der Waals surface area contributed by atoms with Gasteiger partial charge in [-0.15, -0.1) is 0 Å². The highest BCUT2D eigenvalue weighted by molar-refractivity contribution is 5.64. The molecule has 0 bridgehead atoms. The zero-order chi connectivity index (χ0) is 20.3. The number of rotatable bonds is 6. The number of methoxy groups -OCH3 is 1. The van der Waals surface area contributed by atoms with Crippen LogP contribution in [0.4, 0.5) is 21.6 Å². The summed E-state index contributed by atoms with van der Waals surface area (Å²) in [6.07, 6.45) is 2.00. The zero-order valence-corrected chi connectivity index (χ0v) is 16.0. The first-order valence-corrected chi connectivity index (χ1v) is 8.98. The first-order chi connectivity index (χ1) is 13.4. The van der Waals surface area contributed by atoms with Gasteiger partial charge < -0.3 is 19.7 Å². The van der Waals surface area contributed by atoms with Gasteiger partial charge in [0.1, 0.15) is 11.5 Å². The van der Waals surface area contributed by atoms with Gasteiger partial charge >= 0.3 is 0 Å². The quantitative estimate of drug-likeness (QED) is 0.597. The second-order valence-electron chi connectivity index (χ2n) is 6.80. The van der Waals surface area contributed by atoms with E-state index in [-0.39, 0.29) is 29.3 Å². The van der Waals surface area contributed by atoms with Crippen molar-refractivity contribution in [2.45, 2.75) is 32.6 Å². The summed E-state index contributed by atoms with van der Waals surface area (Å²) >= 11 is 0. The fourth-order valence-corrected chi connectivity index (χ4v) is 3.26. The molecule has 150 valence electrons. The summed E-state index contributed by atoms with van der Waals surface area (Å²) in [6, 6.07) is 5.96. The van der Waals surface area contributed by atoms with E-state index in [1.807, 2.05) is 26.0 Å². The summed E-state index contributed by atoms with van der Waals surface area (Å²) in [6.45, 7) is 5.92. The molecule has 0 spiro atoms. The van der Waals surface area contributed by atoms with Crippen LogP contribution in [0.1, 0.15) is 19.4 Å². The maximum atomic E-state index is 13.7. The summed E-state index contributed by atoms with van der Waals surface area (Å²) in [5.41, 5.74) is 0.679. The Labute approximate surface area is 162 Å². The molecule has 9 heteroatoms. The van der Waals surface area contributed by atoms with E-state index < -0.39 is 10.7 Å². The van der Waals surface area contributed by atoms with Crippen molar-refractivity contribution in [2.75, 3.05) is 30.4 Å². The van der Waals surface area contributed by atoms with Gasteiger partial charge in [-0.3, -0.25) is 10.1 Å². The standard InChI is InChI=1S/C19H23FN4O4/c1-12-10-23(11-13(2)28-12)19-5-4-14(9-22-19)8-21-16-7-18(27-3)15(20)6-17(16)24(25)26/h4-7,9,12-13,21H,8,10-11H2,1-3H3. The third-order valence-corrected chi connectivity index (χ3v) is 4.50. The molecule has 1 saturated heterocycles. The SMILES string of the molecule is COc1cc(NCc2ccc(N3CC(C)OC(C)C3)nc2)c([N+](=O)[O-])cc1F. The number of hydrogen-bond donors (Lipinski definition) is 1. The van der Waals surface area contributed by atoms with E-state index >= 15 is 0 Å². The molecule has 28 heavy (non-hydrogen) atoms. The smallest absolute Gasteiger partial charge is 0.295 e. The number of nitrogens with one attached hydrogen (secondary N) is 1. The van der Waals surface area contributed by atoms with Crippen molar-refractivity contribution >= 4 is 17.2 Å². The second-order valence-corrected chi connectivity index (χ2v) is 6.80. The van der Waals surface area contributed by atoms with Crippen molar-refractivity contribution in [3.05, 3.63) is 52.0 Å². The molecule has 2 unspecified atom stereocenters. The first-order valence-electron chi connectivity index (χ1n) is 8.98. The zero-order valence-electron chi connectivity index (χ0n) is 16.0. The number of halogens is 1. The van der Waals surface area contributed by atoms with Crippen molar-refractivity contribution in [1.82, 2.24) is 4.98 Å². The molecule has 0 radical (unpaired) electrons. The molecule has 0 saturated carbocycles. The van der Waals surface area contributed by atoms with Crippen LogP contribution in [0.25, 0.3) is 0 Å². The number of benzene rings is 1.